The van der Waals surface area contributed by atoms with Crippen LogP contribution in [0, 0.1) is 12.8 Å². The van der Waals surface area contributed by atoms with E-state index in [-0.39, 0.29) is 19.5 Å². The quantitative estimate of drug-likeness (QED) is 0.394. The van der Waals surface area contributed by atoms with Crippen LogP contribution in [0.5, 0.6) is 0 Å². The Labute approximate surface area is 58.8 Å². The second kappa shape index (κ2) is 4.39. The zero-order chi connectivity index (χ0) is 5.15. The van der Waals surface area contributed by atoms with Gasteiger partial charge in [-0.2, -0.15) is 0 Å². The Morgan fingerprint density at radius 3 is 1.71 bits per heavy atom. The van der Waals surface area contributed by atoms with Crippen molar-refractivity contribution >= 4 is 0 Å². The van der Waals surface area contributed by atoms with E-state index in [9.17, 15) is 0 Å². The molecule has 0 saturated carbocycles. The van der Waals surface area contributed by atoms with E-state index in [1.54, 1.807) is 0 Å². The Bertz CT molecular complexity index is 55.2. The second-order valence-corrected chi connectivity index (χ2v) is 1.81. The van der Waals surface area contributed by atoms with Crippen molar-refractivity contribution in [1.82, 2.24) is 0 Å². The molecule has 0 heterocycles. The predicted molar refractivity (Wildman–Crippen MR) is 29.3 cm³/mol. The van der Waals surface area contributed by atoms with Crippen LogP contribution in [0.15, 0.2) is 12.2 Å². The van der Waals surface area contributed by atoms with Crippen LogP contribution < -0.4 is 0 Å². The zero-order valence-corrected chi connectivity index (χ0v) is 8.17. The minimum Gasteiger partial charge on any atom is -0.242 e. The van der Waals surface area contributed by atoms with Gasteiger partial charge in [0.2, 0.25) is 0 Å². The average Bonchev–Trinajstić information content (AvgIpc) is 1.36. The molecule has 0 aliphatic carbocycles. The summed E-state index contributed by atoms with van der Waals surface area (Å²) in [6.45, 7) is 11.4. The van der Waals surface area contributed by atoms with Crippen molar-refractivity contribution in [3.8, 4) is 0 Å². The van der Waals surface area contributed by atoms with E-state index in [4.69, 9.17) is 0 Å². The van der Waals surface area contributed by atoms with E-state index >= 15 is 0 Å². The maximum atomic E-state index is 3.64. The topological polar surface area (TPSA) is 0 Å². The van der Waals surface area contributed by atoms with Crippen LogP contribution in [0.4, 0.5) is 0 Å². The Morgan fingerprint density at radius 2 is 1.71 bits per heavy atom. The summed E-state index contributed by atoms with van der Waals surface area (Å²) in [6.07, 6.45) is 0. The van der Waals surface area contributed by atoms with Gasteiger partial charge in [-0.25, -0.2) is 19.1 Å². The van der Waals surface area contributed by atoms with Gasteiger partial charge >= 0.3 is 0 Å². The monoisotopic (exact) mass is 147 g/mol. The summed E-state index contributed by atoms with van der Waals surface area (Å²) in [6, 6.07) is 0. The van der Waals surface area contributed by atoms with Crippen LogP contribution >= 0.6 is 0 Å². The molecule has 7 heavy (non-hydrogen) atoms. The third-order valence-corrected chi connectivity index (χ3v) is 0.816. The standard InChI is InChI=1S/C6H11.Zn/c1-5(2)6(3)4;/h6H,1-2H2,3-4H3;/q-1;. The molecule has 0 N–H and O–H groups in total. The van der Waals surface area contributed by atoms with Crippen LogP contribution in [-0.2, 0) is 19.5 Å². The number of allylic oxidation sites excluding steroid dienone is 1. The predicted octanol–water partition coefficient (Wildman–Crippen LogP) is 2.03. The molecule has 0 nitrogen and oxygen atoms in total. The van der Waals surface area contributed by atoms with Gasteiger partial charge in [-0.3, -0.25) is 0 Å². The van der Waals surface area contributed by atoms with E-state index in [1.807, 2.05) is 0 Å². The molecule has 0 aromatic rings. The van der Waals surface area contributed by atoms with Gasteiger partial charge in [0, 0.05) is 19.5 Å². The third kappa shape index (κ3) is 6.23. The number of hydrogen-bond donors (Lipinski definition) is 0. The number of hydrogen-bond acceptors (Lipinski definition) is 0. The van der Waals surface area contributed by atoms with Crippen LogP contribution in [0.25, 0.3) is 0 Å². The van der Waals surface area contributed by atoms with Crippen molar-refractivity contribution in [2.75, 3.05) is 0 Å². The molecule has 0 atom stereocenters. The molecular weight excluding hydrogens is 137 g/mol. The van der Waals surface area contributed by atoms with Crippen LogP contribution in [0.3, 0.4) is 0 Å². The molecule has 38 valence electrons. The Kier molecular flexibility index (Phi) is 6.44. The average molecular weight is 149 g/mol. The smallest absolute Gasteiger partial charge is 0 e. The minimum atomic E-state index is 0. The molecule has 1 heteroatoms. The molecule has 0 saturated heterocycles. The Hall–Kier alpha value is 0.233. The third-order valence-electron chi connectivity index (χ3n) is 0.816. The molecule has 0 amide bonds. The van der Waals surface area contributed by atoms with Crippen LogP contribution in [-0.4, -0.2) is 0 Å². The van der Waals surface area contributed by atoms with Crippen molar-refractivity contribution in [2.24, 2.45) is 5.92 Å². The molecule has 0 aliphatic heterocycles. The molecule has 0 aliphatic rings. The second-order valence-electron chi connectivity index (χ2n) is 1.81. The first-order valence-corrected chi connectivity index (χ1v) is 2.15. The number of rotatable bonds is 1. The molecule has 0 radical (unpaired) electrons. The summed E-state index contributed by atoms with van der Waals surface area (Å²) < 4.78 is 0. The first-order valence-electron chi connectivity index (χ1n) is 2.15. The van der Waals surface area contributed by atoms with Crippen LogP contribution in [0.1, 0.15) is 13.8 Å². The molecule has 0 aromatic heterocycles. The molecule has 0 spiro atoms. The molecule has 0 rings (SSSR count). The zero-order valence-electron chi connectivity index (χ0n) is 5.20. The van der Waals surface area contributed by atoms with Crippen molar-refractivity contribution in [1.29, 1.82) is 0 Å². The molecule has 0 unspecified atom stereocenters. The summed E-state index contributed by atoms with van der Waals surface area (Å²) in [5.41, 5.74) is 1.01. The van der Waals surface area contributed by atoms with Crippen molar-refractivity contribution < 1.29 is 19.5 Å². The van der Waals surface area contributed by atoms with Crippen molar-refractivity contribution in [3.63, 3.8) is 0 Å². The fourth-order valence-corrected chi connectivity index (χ4v) is 0. The van der Waals surface area contributed by atoms with E-state index in [0.717, 1.165) is 5.57 Å². The van der Waals surface area contributed by atoms with Crippen molar-refractivity contribution in [3.05, 3.63) is 19.1 Å². The van der Waals surface area contributed by atoms with Gasteiger partial charge in [-0.15, -0.1) is 0 Å². The van der Waals surface area contributed by atoms with Gasteiger partial charge in [0.15, 0.2) is 0 Å². The normalized spacial score (nSPS) is 7.86. The van der Waals surface area contributed by atoms with Gasteiger partial charge < -0.3 is 0 Å². The van der Waals surface area contributed by atoms with E-state index in [2.05, 4.69) is 27.4 Å². The van der Waals surface area contributed by atoms with E-state index < -0.39 is 0 Å². The minimum absolute atomic E-state index is 0. The Morgan fingerprint density at radius 1 is 1.57 bits per heavy atom. The molecular formula is C6H11Zn-. The van der Waals surface area contributed by atoms with Gasteiger partial charge in [0.25, 0.3) is 0 Å². The van der Waals surface area contributed by atoms with Gasteiger partial charge in [-0.05, 0) is 0 Å². The first kappa shape index (κ1) is 10.3. The van der Waals surface area contributed by atoms with Gasteiger partial charge in [0.1, 0.15) is 0 Å². The molecule has 0 aromatic carbocycles. The van der Waals surface area contributed by atoms with Gasteiger partial charge in [-0.1, -0.05) is 19.8 Å². The Balaban J connectivity index is 0. The maximum Gasteiger partial charge on any atom is 0 e. The largest absolute Gasteiger partial charge is 0.242 e. The summed E-state index contributed by atoms with van der Waals surface area (Å²) in [5.74, 6) is 0.546. The van der Waals surface area contributed by atoms with E-state index in [0.29, 0.717) is 5.92 Å². The summed E-state index contributed by atoms with van der Waals surface area (Å²) >= 11 is 0. The maximum absolute atomic E-state index is 3.64. The SMILES string of the molecule is C=C([CH2-])C(C)C.[Zn]. The summed E-state index contributed by atoms with van der Waals surface area (Å²) in [7, 11) is 0. The fraction of sp³-hybridized carbons (Fsp3) is 0.500. The van der Waals surface area contributed by atoms with E-state index in [1.165, 1.54) is 0 Å². The van der Waals surface area contributed by atoms with Gasteiger partial charge in [0.05, 0.1) is 0 Å². The molecule has 0 bridgehead atoms. The summed E-state index contributed by atoms with van der Waals surface area (Å²) in [4.78, 5) is 0. The van der Waals surface area contributed by atoms with Crippen LogP contribution in [0.2, 0.25) is 0 Å². The van der Waals surface area contributed by atoms with Crippen molar-refractivity contribution in [2.45, 2.75) is 13.8 Å². The fourth-order valence-electron chi connectivity index (χ4n) is 0. The summed E-state index contributed by atoms with van der Waals surface area (Å²) in [5, 5.41) is 0. The first-order chi connectivity index (χ1) is 2.64. The molecule has 0 fully saturated rings.